The van der Waals surface area contributed by atoms with E-state index in [9.17, 15) is 0 Å². The molecule has 0 saturated heterocycles. The van der Waals surface area contributed by atoms with Crippen LogP contribution in [0.1, 0.15) is 0 Å². The maximum absolute atomic E-state index is 5.49. The van der Waals surface area contributed by atoms with Gasteiger partial charge in [0.25, 0.3) is 0 Å². The number of rotatable bonds is 10. The molecule has 0 N–H and O–H groups in total. The predicted molar refractivity (Wildman–Crippen MR) is 299 cm³/mol. The highest BCUT2D eigenvalue weighted by Crippen LogP contribution is 2.42. The lowest BCUT2D eigenvalue weighted by Gasteiger charge is -2.25. The number of nitrogens with zero attached hydrogens (tertiary/aromatic N) is 6. The maximum Gasteiger partial charge on any atom is 0.138 e. The highest BCUT2D eigenvalue weighted by atomic mass is 15.2. The van der Waals surface area contributed by atoms with Gasteiger partial charge in [0, 0.05) is 55.4 Å². The van der Waals surface area contributed by atoms with Gasteiger partial charge in [-0.3, -0.25) is 9.80 Å². The lowest BCUT2D eigenvalue weighted by Crippen LogP contribution is -2.12. The van der Waals surface area contributed by atoms with Gasteiger partial charge in [-0.25, -0.2) is 19.9 Å². The summed E-state index contributed by atoms with van der Waals surface area (Å²) in [6, 6.07) is 93.1. The Morgan fingerprint density at radius 3 is 0.875 bits per heavy atom. The fourth-order valence-electron chi connectivity index (χ4n) is 9.93. The van der Waals surface area contributed by atoms with Gasteiger partial charge in [-0.1, -0.05) is 194 Å². The van der Waals surface area contributed by atoms with E-state index in [0.29, 0.717) is 0 Å². The summed E-state index contributed by atoms with van der Waals surface area (Å²) in [6.07, 6.45) is 0. The monoisotopic (exact) mass is 920 g/mol. The Morgan fingerprint density at radius 2 is 0.542 bits per heavy atom. The van der Waals surface area contributed by atoms with Gasteiger partial charge in [-0.2, -0.15) is 0 Å². The second-order valence-corrected chi connectivity index (χ2v) is 17.8. The van der Waals surface area contributed by atoms with Gasteiger partial charge in [0.2, 0.25) is 0 Å². The maximum atomic E-state index is 5.49. The SMILES string of the molecule is c1ccc(-c2cc(N(c3ccccc3)c3ccccc3)nc3c2ccc2ccc(-c4ccc(-c5ccc6ccc7c(-c8ccccc8)cc(N(c8ccccc8)c8ccccc8)nc7c6n5)cc4)nc23)cc1. The molecule has 0 fully saturated rings. The third kappa shape index (κ3) is 7.83. The number of hydrogen-bond acceptors (Lipinski definition) is 6. The Morgan fingerprint density at radius 1 is 0.236 bits per heavy atom. The lowest BCUT2D eigenvalue weighted by molar-refractivity contribution is 1.21. The van der Waals surface area contributed by atoms with E-state index in [0.717, 1.165) is 123 Å². The number of benzene rings is 9. The number of fused-ring (bicyclic) bond motifs is 6. The molecule has 6 heteroatoms. The fraction of sp³-hybridized carbons (Fsp3) is 0. The molecule has 0 unspecified atom stereocenters. The van der Waals surface area contributed by atoms with Crippen molar-refractivity contribution in [1.29, 1.82) is 0 Å². The van der Waals surface area contributed by atoms with Crippen molar-refractivity contribution in [1.82, 2.24) is 19.9 Å². The summed E-state index contributed by atoms with van der Waals surface area (Å²) in [5, 5.41) is 4.12. The van der Waals surface area contributed by atoms with E-state index in [-0.39, 0.29) is 0 Å². The van der Waals surface area contributed by atoms with Crippen LogP contribution < -0.4 is 9.80 Å². The molecule has 0 spiro atoms. The van der Waals surface area contributed by atoms with Crippen molar-refractivity contribution < 1.29 is 0 Å². The van der Waals surface area contributed by atoms with E-state index in [1.807, 2.05) is 24.3 Å². The molecule has 0 saturated carbocycles. The van der Waals surface area contributed by atoms with E-state index in [4.69, 9.17) is 19.9 Å². The zero-order chi connectivity index (χ0) is 47.8. The first-order valence-electron chi connectivity index (χ1n) is 24.2. The molecule has 9 aromatic carbocycles. The number of pyridine rings is 4. The summed E-state index contributed by atoms with van der Waals surface area (Å²) < 4.78 is 0. The summed E-state index contributed by atoms with van der Waals surface area (Å²) in [4.78, 5) is 26.3. The van der Waals surface area contributed by atoms with Crippen LogP contribution >= 0.6 is 0 Å². The Labute approximate surface area is 417 Å². The minimum Gasteiger partial charge on any atom is -0.295 e. The average Bonchev–Trinajstić information content (AvgIpc) is 3.46. The van der Waals surface area contributed by atoms with E-state index in [1.165, 1.54) is 0 Å². The van der Waals surface area contributed by atoms with Gasteiger partial charge >= 0.3 is 0 Å². The van der Waals surface area contributed by atoms with Crippen LogP contribution in [0.5, 0.6) is 0 Å². The summed E-state index contributed by atoms with van der Waals surface area (Å²) >= 11 is 0. The molecule has 0 aliphatic carbocycles. The normalized spacial score (nSPS) is 11.3. The van der Waals surface area contributed by atoms with Crippen LogP contribution in [0, 0.1) is 0 Å². The minimum atomic E-state index is 0.811. The van der Waals surface area contributed by atoms with E-state index in [1.54, 1.807) is 0 Å². The first-order chi connectivity index (χ1) is 35.7. The smallest absolute Gasteiger partial charge is 0.138 e. The fourth-order valence-corrected chi connectivity index (χ4v) is 9.93. The molecule has 0 amide bonds. The van der Waals surface area contributed by atoms with Crippen LogP contribution in [-0.2, 0) is 0 Å². The van der Waals surface area contributed by atoms with Gasteiger partial charge in [-0.15, -0.1) is 0 Å². The van der Waals surface area contributed by atoms with Crippen LogP contribution in [0.3, 0.4) is 0 Å². The standard InChI is InChI=1S/C66H44N6/c1-7-19-45(20-8-1)57-43-61(71(51-23-11-3-12-24-51)52-25-13-4-14-26-52)69-65-55(57)39-35-49-37-41-59(67-63(49)65)47-31-33-48(34-32-47)60-42-38-50-36-40-56-58(46-21-9-2-10-22-46)44-62(70-66(56)64(50)68-60)72(53-27-15-5-16-28-53)54-29-17-6-18-30-54/h1-44H. The second kappa shape index (κ2) is 18.3. The third-order valence-corrected chi connectivity index (χ3v) is 13.4. The number of aromatic nitrogens is 4. The minimum absolute atomic E-state index is 0.811. The molecule has 6 nitrogen and oxygen atoms in total. The second-order valence-electron chi connectivity index (χ2n) is 17.8. The molecule has 4 aromatic heterocycles. The Kier molecular flexibility index (Phi) is 10.7. The predicted octanol–water partition coefficient (Wildman–Crippen LogP) is 17.5. The van der Waals surface area contributed by atoms with E-state index in [2.05, 4.69) is 252 Å². The average molecular weight is 921 g/mol. The van der Waals surface area contributed by atoms with Crippen LogP contribution in [-0.4, -0.2) is 19.9 Å². The molecule has 4 heterocycles. The molecule has 0 aliphatic rings. The van der Waals surface area contributed by atoms with Crippen molar-refractivity contribution in [3.63, 3.8) is 0 Å². The van der Waals surface area contributed by atoms with Crippen LogP contribution in [0.15, 0.2) is 267 Å². The van der Waals surface area contributed by atoms with E-state index >= 15 is 0 Å². The first-order valence-corrected chi connectivity index (χ1v) is 24.2. The highest BCUT2D eigenvalue weighted by molar-refractivity contribution is 6.11. The molecule has 338 valence electrons. The van der Waals surface area contributed by atoms with Crippen LogP contribution in [0.2, 0.25) is 0 Å². The Balaban J connectivity index is 0.927. The van der Waals surface area contributed by atoms with Gasteiger partial charge in [0.15, 0.2) is 0 Å². The molecule has 0 aliphatic heterocycles. The summed E-state index contributed by atoms with van der Waals surface area (Å²) in [7, 11) is 0. The quantitative estimate of drug-likeness (QED) is 0.127. The molecule has 72 heavy (non-hydrogen) atoms. The van der Waals surface area contributed by atoms with Crippen molar-refractivity contribution >= 4 is 78.0 Å². The number of hydrogen-bond donors (Lipinski definition) is 0. The lowest BCUT2D eigenvalue weighted by atomic mass is 9.98. The largest absolute Gasteiger partial charge is 0.295 e. The van der Waals surface area contributed by atoms with Gasteiger partial charge in [0.05, 0.1) is 33.5 Å². The van der Waals surface area contributed by atoms with Crippen molar-refractivity contribution in [2.45, 2.75) is 0 Å². The molecular weight excluding hydrogens is 877 g/mol. The highest BCUT2D eigenvalue weighted by Gasteiger charge is 2.21. The molecule has 0 radical (unpaired) electrons. The molecule has 0 bridgehead atoms. The van der Waals surface area contributed by atoms with E-state index < -0.39 is 0 Å². The van der Waals surface area contributed by atoms with Crippen LogP contribution in [0.4, 0.5) is 34.4 Å². The number of anilines is 6. The topological polar surface area (TPSA) is 58.0 Å². The zero-order valence-electron chi connectivity index (χ0n) is 39.1. The summed E-state index contributed by atoms with van der Waals surface area (Å²) in [6.45, 7) is 0. The summed E-state index contributed by atoms with van der Waals surface area (Å²) in [5.41, 5.74) is 15.6. The van der Waals surface area contributed by atoms with Gasteiger partial charge < -0.3 is 0 Å². The van der Waals surface area contributed by atoms with Gasteiger partial charge in [-0.05, 0) is 95.1 Å². The Hall–Kier alpha value is -9.78. The van der Waals surface area contributed by atoms with Crippen LogP contribution in [0.25, 0.3) is 88.4 Å². The number of para-hydroxylation sites is 4. The molecule has 13 aromatic rings. The molecule has 0 atom stereocenters. The van der Waals surface area contributed by atoms with Gasteiger partial charge in [0.1, 0.15) is 11.6 Å². The first kappa shape index (κ1) is 42.3. The summed E-state index contributed by atoms with van der Waals surface area (Å²) in [5.74, 6) is 1.62. The van der Waals surface area contributed by atoms with Crippen molar-refractivity contribution in [2.75, 3.05) is 9.80 Å². The molecule has 13 rings (SSSR count). The molecular formula is C66H44N6. The van der Waals surface area contributed by atoms with Crippen molar-refractivity contribution in [3.8, 4) is 44.8 Å². The third-order valence-electron chi connectivity index (χ3n) is 13.4. The van der Waals surface area contributed by atoms with Crippen molar-refractivity contribution in [2.24, 2.45) is 0 Å². The van der Waals surface area contributed by atoms with Crippen molar-refractivity contribution in [3.05, 3.63) is 267 Å². The Bertz CT molecular complexity index is 3720. The zero-order valence-corrected chi connectivity index (χ0v) is 39.1.